The van der Waals surface area contributed by atoms with Gasteiger partial charge in [0.05, 0.1) is 11.2 Å². The van der Waals surface area contributed by atoms with E-state index < -0.39 is 0 Å². The largest absolute Gasteiger partial charge is 0.278 e. The first-order chi connectivity index (χ1) is 8.34. The van der Waals surface area contributed by atoms with E-state index in [0.29, 0.717) is 12.0 Å². The lowest BCUT2D eigenvalue weighted by atomic mass is 10.1. The van der Waals surface area contributed by atoms with E-state index in [1.54, 1.807) is 12.1 Å². The van der Waals surface area contributed by atoms with Gasteiger partial charge in [0, 0.05) is 11.8 Å². The maximum absolute atomic E-state index is 13.5. The molecule has 0 fully saturated rings. The van der Waals surface area contributed by atoms with Crippen molar-refractivity contribution in [1.82, 2.24) is 10.2 Å². The van der Waals surface area contributed by atoms with E-state index in [1.165, 1.54) is 6.07 Å². The normalized spacial score (nSPS) is 10.9. The van der Waals surface area contributed by atoms with Gasteiger partial charge in [0.15, 0.2) is 0 Å². The summed E-state index contributed by atoms with van der Waals surface area (Å²) >= 11 is 0. The zero-order valence-corrected chi connectivity index (χ0v) is 9.15. The highest BCUT2D eigenvalue weighted by molar-refractivity contribution is 5.81. The zero-order valence-electron chi connectivity index (χ0n) is 9.15. The van der Waals surface area contributed by atoms with Crippen molar-refractivity contribution in [2.24, 2.45) is 0 Å². The van der Waals surface area contributed by atoms with Gasteiger partial charge in [-0.15, -0.1) is 0 Å². The van der Waals surface area contributed by atoms with Gasteiger partial charge in [-0.25, -0.2) is 4.39 Å². The van der Waals surface area contributed by atoms with Crippen molar-refractivity contribution in [2.45, 2.75) is 6.42 Å². The first-order valence-electron chi connectivity index (χ1n) is 5.50. The van der Waals surface area contributed by atoms with Crippen molar-refractivity contribution in [2.75, 3.05) is 0 Å². The molecule has 0 bridgehead atoms. The molecule has 0 spiro atoms. The predicted octanol–water partition coefficient (Wildman–Crippen LogP) is 3.29. The second-order valence-electron chi connectivity index (χ2n) is 3.98. The Hall–Kier alpha value is -2.16. The number of fused-ring (bicyclic) bond motifs is 1. The average molecular weight is 226 g/mol. The maximum Gasteiger partial charge on any atom is 0.126 e. The first-order valence-corrected chi connectivity index (χ1v) is 5.50. The number of nitrogens with one attached hydrogen (secondary N) is 1. The van der Waals surface area contributed by atoms with Crippen molar-refractivity contribution in [3.63, 3.8) is 0 Å². The van der Waals surface area contributed by atoms with Crippen LogP contribution in [0.1, 0.15) is 11.3 Å². The fourth-order valence-electron chi connectivity index (χ4n) is 1.98. The Labute approximate surface area is 98.1 Å². The molecule has 0 amide bonds. The molecule has 17 heavy (non-hydrogen) atoms. The van der Waals surface area contributed by atoms with E-state index in [1.807, 2.05) is 30.3 Å². The van der Waals surface area contributed by atoms with E-state index in [-0.39, 0.29) is 5.82 Å². The van der Waals surface area contributed by atoms with Gasteiger partial charge in [0.1, 0.15) is 5.82 Å². The number of para-hydroxylation sites is 1. The van der Waals surface area contributed by atoms with Crippen LogP contribution in [0, 0.1) is 5.82 Å². The van der Waals surface area contributed by atoms with E-state index in [9.17, 15) is 4.39 Å². The molecule has 1 heterocycles. The van der Waals surface area contributed by atoms with Gasteiger partial charge in [-0.2, -0.15) is 5.10 Å². The molecular formula is C14H11FN2. The van der Waals surface area contributed by atoms with E-state index in [2.05, 4.69) is 10.2 Å². The SMILES string of the molecule is Fc1ccccc1Cc1n[nH]c2ccccc12. The smallest absolute Gasteiger partial charge is 0.126 e. The van der Waals surface area contributed by atoms with Gasteiger partial charge in [-0.05, 0) is 17.7 Å². The number of rotatable bonds is 2. The Balaban J connectivity index is 2.03. The molecular weight excluding hydrogens is 215 g/mol. The van der Waals surface area contributed by atoms with Gasteiger partial charge in [0.2, 0.25) is 0 Å². The van der Waals surface area contributed by atoms with E-state index in [4.69, 9.17) is 0 Å². The third-order valence-electron chi connectivity index (χ3n) is 2.87. The molecule has 2 nitrogen and oxygen atoms in total. The number of aromatic amines is 1. The van der Waals surface area contributed by atoms with Crippen LogP contribution in [0.2, 0.25) is 0 Å². The molecule has 3 rings (SSSR count). The average Bonchev–Trinajstić information content (AvgIpc) is 2.76. The predicted molar refractivity (Wildman–Crippen MR) is 65.3 cm³/mol. The molecule has 84 valence electrons. The molecule has 1 N–H and O–H groups in total. The van der Waals surface area contributed by atoms with Gasteiger partial charge in [0.25, 0.3) is 0 Å². The summed E-state index contributed by atoms with van der Waals surface area (Å²) < 4.78 is 13.5. The summed E-state index contributed by atoms with van der Waals surface area (Å²) in [4.78, 5) is 0. The third-order valence-corrected chi connectivity index (χ3v) is 2.87. The minimum atomic E-state index is -0.181. The fourth-order valence-corrected chi connectivity index (χ4v) is 1.98. The van der Waals surface area contributed by atoms with Crippen molar-refractivity contribution in [3.05, 3.63) is 65.6 Å². The van der Waals surface area contributed by atoms with Crippen LogP contribution >= 0.6 is 0 Å². The topological polar surface area (TPSA) is 28.7 Å². The first kappa shape index (κ1) is 10.0. The fraction of sp³-hybridized carbons (Fsp3) is 0.0714. The number of hydrogen-bond donors (Lipinski definition) is 1. The number of halogens is 1. The highest BCUT2D eigenvalue weighted by Gasteiger charge is 2.08. The van der Waals surface area contributed by atoms with Crippen LogP contribution in [-0.2, 0) is 6.42 Å². The molecule has 3 aromatic rings. The summed E-state index contributed by atoms with van der Waals surface area (Å²) in [5, 5.41) is 8.25. The van der Waals surface area contributed by atoms with Gasteiger partial charge >= 0.3 is 0 Å². The molecule has 3 heteroatoms. The maximum atomic E-state index is 13.5. The van der Waals surface area contributed by atoms with Crippen LogP contribution in [0.5, 0.6) is 0 Å². The molecule has 0 unspecified atom stereocenters. The lowest BCUT2D eigenvalue weighted by Gasteiger charge is -2.00. The Kier molecular flexibility index (Phi) is 2.37. The molecule has 2 aromatic carbocycles. The minimum absolute atomic E-state index is 0.181. The Morgan fingerprint density at radius 3 is 2.65 bits per heavy atom. The van der Waals surface area contributed by atoms with Crippen molar-refractivity contribution in [3.8, 4) is 0 Å². The Morgan fingerprint density at radius 2 is 1.76 bits per heavy atom. The quantitative estimate of drug-likeness (QED) is 0.713. The Morgan fingerprint density at radius 1 is 1.00 bits per heavy atom. The van der Waals surface area contributed by atoms with Crippen LogP contribution < -0.4 is 0 Å². The highest BCUT2D eigenvalue weighted by Crippen LogP contribution is 2.19. The molecule has 0 saturated carbocycles. The van der Waals surface area contributed by atoms with Gasteiger partial charge in [-0.3, -0.25) is 5.10 Å². The number of benzene rings is 2. The van der Waals surface area contributed by atoms with E-state index in [0.717, 1.165) is 16.6 Å². The molecule has 0 atom stereocenters. The van der Waals surface area contributed by atoms with Crippen molar-refractivity contribution < 1.29 is 4.39 Å². The highest BCUT2D eigenvalue weighted by atomic mass is 19.1. The summed E-state index contributed by atoms with van der Waals surface area (Å²) in [6, 6.07) is 14.7. The summed E-state index contributed by atoms with van der Waals surface area (Å²) in [5.74, 6) is -0.181. The lowest BCUT2D eigenvalue weighted by Crippen LogP contribution is -1.92. The summed E-state index contributed by atoms with van der Waals surface area (Å²) in [7, 11) is 0. The monoisotopic (exact) mass is 226 g/mol. The standard InChI is InChI=1S/C14H11FN2/c15-12-7-3-1-5-10(12)9-14-11-6-2-4-8-13(11)16-17-14/h1-8H,9H2,(H,16,17). The molecule has 1 aromatic heterocycles. The molecule has 0 radical (unpaired) electrons. The third kappa shape index (κ3) is 1.80. The number of nitrogens with zero attached hydrogens (tertiary/aromatic N) is 1. The van der Waals surface area contributed by atoms with Crippen LogP contribution in [-0.4, -0.2) is 10.2 Å². The van der Waals surface area contributed by atoms with Crippen LogP contribution in [0.25, 0.3) is 10.9 Å². The molecule has 0 saturated heterocycles. The van der Waals surface area contributed by atoms with E-state index >= 15 is 0 Å². The van der Waals surface area contributed by atoms with Crippen LogP contribution in [0.4, 0.5) is 4.39 Å². The number of H-pyrrole nitrogens is 1. The summed E-state index contributed by atoms with van der Waals surface area (Å²) in [6.45, 7) is 0. The summed E-state index contributed by atoms with van der Waals surface area (Å²) in [6.07, 6.45) is 0.511. The minimum Gasteiger partial charge on any atom is -0.278 e. The Bertz CT molecular complexity index is 658. The van der Waals surface area contributed by atoms with Gasteiger partial charge in [-0.1, -0.05) is 36.4 Å². The summed E-state index contributed by atoms with van der Waals surface area (Å²) in [5.41, 5.74) is 2.54. The second-order valence-corrected chi connectivity index (χ2v) is 3.98. The van der Waals surface area contributed by atoms with Crippen LogP contribution in [0.15, 0.2) is 48.5 Å². The second kappa shape index (κ2) is 4.01. The molecule has 0 aliphatic carbocycles. The van der Waals surface area contributed by atoms with Crippen molar-refractivity contribution >= 4 is 10.9 Å². The zero-order chi connectivity index (χ0) is 11.7. The molecule has 0 aliphatic heterocycles. The molecule has 0 aliphatic rings. The van der Waals surface area contributed by atoms with Crippen molar-refractivity contribution in [1.29, 1.82) is 0 Å². The van der Waals surface area contributed by atoms with Crippen LogP contribution in [0.3, 0.4) is 0 Å². The number of hydrogen-bond acceptors (Lipinski definition) is 1. The number of aromatic nitrogens is 2. The van der Waals surface area contributed by atoms with Gasteiger partial charge < -0.3 is 0 Å². The lowest BCUT2D eigenvalue weighted by molar-refractivity contribution is 0.613.